The third-order valence-corrected chi connectivity index (χ3v) is 4.13. The van der Waals surface area contributed by atoms with Crippen LogP contribution in [0.4, 0.5) is 0 Å². The Balaban J connectivity index is 2.12. The lowest BCUT2D eigenvalue weighted by atomic mass is 10.0. The van der Waals surface area contributed by atoms with Crippen LogP contribution in [0.5, 0.6) is 0 Å². The first-order valence-electron chi connectivity index (χ1n) is 6.63. The summed E-state index contributed by atoms with van der Waals surface area (Å²) in [5, 5.41) is 3.92. The Labute approximate surface area is 123 Å². The fraction of sp³-hybridized carbons (Fsp3) is 0.333. The number of thiazole rings is 1. The maximum atomic E-state index is 12.4. The summed E-state index contributed by atoms with van der Waals surface area (Å²) in [6.07, 6.45) is 2.53. The molecule has 1 aromatic heterocycles. The van der Waals surface area contributed by atoms with E-state index in [1.807, 2.05) is 44.3 Å². The van der Waals surface area contributed by atoms with Gasteiger partial charge in [-0.05, 0) is 38.4 Å². The van der Waals surface area contributed by atoms with E-state index < -0.39 is 0 Å². The van der Waals surface area contributed by atoms with Gasteiger partial charge in [-0.1, -0.05) is 18.2 Å². The lowest BCUT2D eigenvalue weighted by Gasteiger charge is -2.13. The van der Waals surface area contributed by atoms with E-state index in [1.54, 1.807) is 11.3 Å². The van der Waals surface area contributed by atoms with E-state index in [4.69, 9.17) is 5.73 Å². The van der Waals surface area contributed by atoms with E-state index in [-0.39, 0.29) is 11.9 Å². The van der Waals surface area contributed by atoms with Gasteiger partial charge in [0, 0.05) is 16.6 Å². The molecule has 0 spiro atoms. The number of aromatic nitrogens is 1. The largest absolute Gasteiger partial charge is 0.343 e. The average Bonchev–Trinajstić information content (AvgIpc) is 2.86. The second-order valence-corrected chi connectivity index (χ2v) is 5.97. The van der Waals surface area contributed by atoms with Crippen LogP contribution in [0.2, 0.25) is 0 Å². The number of nitrogens with two attached hydrogens (primary N) is 1. The molecule has 0 aliphatic heterocycles. The van der Waals surface area contributed by atoms with Crippen molar-refractivity contribution < 1.29 is 4.79 Å². The third-order valence-electron chi connectivity index (χ3n) is 3.03. The summed E-state index contributed by atoms with van der Waals surface area (Å²) >= 11 is 1.60. The summed E-state index contributed by atoms with van der Waals surface area (Å²) in [6.45, 7) is 4.49. The molecule has 0 bridgehead atoms. The summed E-state index contributed by atoms with van der Waals surface area (Å²) in [5.74, 6) is -0.0746. The van der Waals surface area contributed by atoms with Crippen LogP contribution in [0.3, 0.4) is 0 Å². The number of rotatable bonds is 5. The number of hydrogen-bond donors (Lipinski definition) is 2. The molecular formula is C15H19N3OS. The van der Waals surface area contributed by atoms with Gasteiger partial charge in [0.05, 0.1) is 6.04 Å². The van der Waals surface area contributed by atoms with Crippen LogP contribution in [0.15, 0.2) is 30.5 Å². The molecule has 0 radical (unpaired) electrons. The van der Waals surface area contributed by atoms with Crippen molar-refractivity contribution in [3.8, 4) is 0 Å². The second-order valence-electron chi connectivity index (χ2n) is 4.70. The molecule has 1 amide bonds. The summed E-state index contributed by atoms with van der Waals surface area (Å²) in [6, 6.07) is 7.48. The summed E-state index contributed by atoms with van der Waals surface area (Å²) < 4.78 is 0. The fourth-order valence-corrected chi connectivity index (χ4v) is 2.80. The maximum Gasteiger partial charge on any atom is 0.252 e. The molecule has 0 aliphatic rings. The van der Waals surface area contributed by atoms with Gasteiger partial charge in [-0.25, -0.2) is 4.98 Å². The molecule has 1 heterocycles. The highest BCUT2D eigenvalue weighted by molar-refractivity contribution is 7.11. The van der Waals surface area contributed by atoms with Crippen LogP contribution >= 0.6 is 11.3 Å². The van der Waals surface area contributed by atoms with E-state index >= 15 is 0 Å². The number of nitrogens with zero attached hydrogens (tertiary/aromatic N) is 1. The van der Waals surface area contributed by atoms with Gasteiger partial charge >= 0.3 is 0 Å². The quantitative estimate of drug-likeness (QED) is 0.888. The smallest absolute Gasteiger partial charge is 0.252 e. The van der Waals surface area contributed by atoms with Crippen LogP contribution in [0, 0.1) is 6.92 Å². The Kier molecular flexibility index (Phi) is 4.87. The Bertz CT molecular complexity index is 594. The van der Waals surface area contributed by atoms with Gasteiger partial charge < -0.3 is 11.1 Å². The minimum Gasteiger partial charge on any atom is -0.343 e. The predicted molar refractivity (Wildman–Crippen MR) is 81.9 cm³/mol. The zero-order valence-electron chi connectivity index (χ0n) is 11.7. The van der Waals surface area contributed by atoms with Crippen molar-refractivity contribution in [3.63, 3.8) is 0 Å². The lowest BCUT2D eigenvalue weighted by molar-refractivity contribution is 0.0939. The maximum absolute atomic E-state index is 12.4. The second kappa shape index (κ2) is 6.63. The molecule has 2 aromatic rings. The fourth-order valence-electron chi connectivity index (χ4n) is 2.02. The summed E-state index contributed by atoms with van der Waals surface area (Å²) in [4.78, 5) is 17.8. The molecule has 5 heteroatoms. The minimum absolute atomic E-state index is 0.0746. The highest BCUT2D eigenvalue weighted by atomic mass is 32.1. The van der Waals surface area contributed by atoms with E-state index in [2.05, 4.69) is 10.3 Å². The Morgan fingerprint density at radius 1 is 1.45 bits per heavy atom. The standard InChI is InChI=1S/C15H19N3OS/c1-10-9-17-15(20-10)11(2)18-14(19)13-6-4-3-5-12(13)7-8-16/h3-6,9,11H,7-8,16H2,1-2H3,(H,18,19). The van der Waals surface area contributed by atoms with Crippen LogP contribution in [-0.4, -0.2) is 17.4 Å². The van der Waals surface area contributed by atoms with Crippen molar-refractivity contribution in [2.45, 2.75) is 26.3 Å². The average molecular weight is 289 g/mol. The summed E-state index contributed by atoms with van der Waals surface area (Å²) in [7, 11) is 0. The number of carbonyl (C=O) groups is 1. The van der Waals surface area contributed by atoms with Gasteiger partial charge in [0.1, 0.15) is 5.01 Å². The molecule has 1 aromatic carbocycles. The van der Waals surface area contributed by atoms with E-state index in [1.165, 1.54) is 0 Å². The molecule has 106 valence electrons. The minimum atomic E-state index is -0.0906. The highest BCUT2D eigenvalue weighted by Crippen LogP contribution is 2.20. The molecule has 20 heavy (non-hydrogen) atoms. The van der Waals surface area contributed by atoms with Gasteiger partial charge in [0.25, 0.3) is 5.91 Å². The molecule has 0 fully saturated rings. The normalized spacial score (nSPS) is 12.2. The first-order valence-corrected chi connectivity index (χ1v) is 7.44. The molecule has 4 nitrogen and oxygen atoms in total. The Morgan fingerprint density at radius 2 is 2.20 bits per heavy atom. The molecule has 1 atom stereocenters. The van der Waals surface area contributed by atoms with Crippen LogP contribution in [-0.2, 0) is 6.42 Å². The van der Waals surface area contributed by atoms with E-state index in [0.29, 0.717) is 18.5 Å². The van der Waals surface area contributed by atoms with Gasteiger partial charge in [-0.3, -0.25) is 4.79 Å². The van der Waals surface area contributed by atoms with Crippen molar-refractivity contribution in [1.29, 1.82) is 0 Å². The molecule has 0 saturated heterocycles. The highest BCUT2D eigenvalue weighted by Gasteiger charge is 2.16. The molecule has 0 saturated carbocycles. The predicted octanol–water partition coefficient (Wildman–Crippen LogP) is 2.44. The Morgan fingerprint density at radius 3 is 2.85 bits per heavy atom. The SMILES string of the molecule is Cc1cnc(C(C)NC(=O)c2ccccc2CCN)s1. The lowest BCUT2D eigenvalue weighted by Crippen LogP contribution is -2.27. The van der Waals surface area contributed by atoms with Gasteiger partial charge in [-0.15, -0.1) is 11.3 Å². The van der Waals surface area contributed by atoms with Crippen molar-refractivity contribution in [3.05, 3.63) is 51.5 Å². The first kappa shape index (κ1) is 14.7. The van der Waals surface area contributed by atoms with Crippen LogP contribution < -0.4 is 11.1 Å². The number of hydrogen-bond acceptors (Lipinski definition) is 4. The summed E-state index contributed by atoms with van der Waals surface area (Å²) in [5.41, 5.74) is 7.26. The molecule has 1 unspecified atom stereocenters. The monoisotopic (exact) mass is 289 g/mol. The molecule has 2 rings (SSSR count). The number of aryl methyl sites for hydroxylation is 1. The zero-order valence-corrected chi connectivity index (χ0v) is 12.5. The number of carbonyl (C=O) groups excluding carboxylic acids is 1. The van der Waals surface area contributed by atoms with Crippen LogP contribution in [0.25, 0.3) is 0 Å². The number of benzene rings is 1. The van der Waals surface area contributed by atoms with Crippen molar-refractivity contribution in [2.24, 2.45) is 5.73 Å². The van der Waals surface area contributed by atoms with E-state index in [9.17, 15) is 4.79 Å². The van der Waals surface area contributed by atoms with Gasteiger partial charge in [-0.2, -0.15) is 0 Å². The van der Waals surface area contributed by atoms with Crippen molar-refractivity contribution >= 4 is 17.2 Å². The third kappa shape index (κ3) is 3.43. The number of nitrogens with one attached hydrogen (secondary N) is 1. The van der Waals surface area contributed by atoms with Crippen molar-refractivity contribution in [1.82, 2.24) is 10.3 Å². The van der Waals surface area contributed by atoms with Crippen molar-refractivity contribution in [2.75, 3.05) is 6.54 Å². The molecule has 3 N–H and O–H groups in total. The Hall–Kier alpha value is -1.72. The first-order chi connectivity index (χ1) is 9.61. The topological polar surface area (TPSA) is 68.0 Å². The van der Waals surface area contributed by atoms with Gasteiger partial charge in [0.15, 0.2) is 0 Å². The molecular weight excluding hydrogens is 270 g/mol. The number of amides is 1. The molecule has 0 aliphatic carbocycles. The van der Waals surface area contributed by atoms with Gasteiger partial charge in [0.2, 0.25) is 0 Å². The van der Waals surface area contributed by atoms with Crippen LogP contribution in [0.1, 0.15) is 38.8 Å². The zero-order chi connectivity index (χ0) is 14.5. The van der Waals surface area contributed by atoms with E-state index in [0.717, 1.165) is 15.4 Å².